The number of imidazole rings is 1. The molecule has 1 aliphatic rings. The van der Waals surface area contributed by atoms with Crippen LogP contribution in [-0.2, 0) is 7.05 Å². The van der Waals surface area contributed by atoms with Gasteiger partial charge in [0.15, 0.2) is 12.3 Å². The van der Waals surface area contributed by atoms with Crippen LogP contribution in [0.3, 0.4) is 0 Å². The maximum Gasteiger partial charge on any atom is 0.422 e. The van der Waals surface area contributed by atoms with E-state index in [-0.39, 0.29) is 64.1 Å². The lowest BCUT2D eigenvalue weighted by Gasteiger charge is -2.30. The first-order valence-corrected chi connectivity index (χ1v) is 12.2. The van der Waals surface area contributed by atoms with Crippen LogP contribution < -0.4 is 15.4 Å². The van der Waals surface area contributed by atoms with Crippen molar-refractivity contribution < 1.29 is 40.3 Å². The molecule has 1 fully saturated rings. The van der Waals surface area contributed by atoms with Crippen molar-refractivity contribution in [3.8, 4) is 5.88 Å². The fourth-order valence-corrected chi connectivity index (χ4v) is 4.79. The molecule has 0 atom stereocenters. The standard InChI is InChI=1S/C23H20Cl2F7N5O2/c1-37-18-16(34-21(37)35-17-14(24)6-11(26)7-15(17)25)8-13(20(36-18)39-9-22(27,28)29)19(38)33-12-4-2-10(3-5-12)23(30,31)32/h6-8,10,12H,2-5,9H2,1H3,(H,33,38)(H,34,35). The summed E-state index contributed by atoms with van der Waals surface area (Å²) in [6, 6.07) is 2.55. The Labute approximate surface area is 226 Å². The lowest BCUT2D eigenvalue weighted by atomic mass is 9.85. The predicted molar refractivity (Wildman–Crippen MR) is 129 cm³/mol. The molecule has 0 radical (unpaired) electrons. The average Bonchev–Trinajstić information content (AvgIpc) is 3.13. The number of alkyl halides is 6. The summed E-state index contributed by atoms with van der Waals surface area (Å²) in [6.45, 7) is -1.74. The number of nitrogens with zero attached hydrogens (tertiary/aromatic N) is 3. The topological polar surface area (TPSA) is 81.1 Å². The Hall–Kier alpha value is -3.00. The molecule has 1 saturated carbocycles. The number of hydrogen-bond acceptors (Lipinski definition) is 5. The van der Waals surface area contributed by atoms with Gasteiger partial charge < -0.3 is 15.4 Å². The van der Waals surface area contributed by atoms with E-state index in [1.807, 2.05) is 0 Å². The van der Waals surface area contributed by atoms with Gasteiger partial charge in [0, 0.05) is 13.1 Å². The highest BCUT2D eigenvalue weighted by atomic mass is 35.5. The molecule has 1 amide bonds. The van der Waals surface area contributed by atoms with Gasteiger partial charge in [0.25, 0.3) is 5.91 Å². The van der Waals surface area contributed by atoms with Crippen LogP contribution in [0.2, 0.25) is 10.0 Å². The highest BCUT2D eigenvalue weighted by Crippen LogP contribution is 2.38. The van der Waals surface area contributed by atoms with Crippen molar-refractivity contribution in [1.82, 2.24) is 19.9 Å². The summed E-state index contributed by atoms with van der Waals surface area (Å²) in [5.74, 6) is -3.62. The third-order valence-electron chi connectivity index (χ3n) is 6.20. The van der Waals surface area contributed by atoms with Gasteiger partial charge in [-0.3, -0.25) is 9.36 Å². The maximum absolute atomic E-state index is 13.5. The summed E-state index contributed by atoms with van der Waals surface area (Å²) in [7, 11) is 1.46. The summed E-state index contributed by atoms with van der Waals surface area (Å²) in [5.41, 5.74) is -0.197. The monoisotopic (exact) mass is 601 g/mol. The predicted octanol–water partition coefficient (Wildman–Crippen LogP) is 6.95. The number of amides is 1. The SMILES string of the molecule is Cn1c(Nc2c(Cl)cc(F)cc2Cl)nc2cc(C(=O)NC3CCC(C(F)(F)F)CC3)c(OCC(F)(F)F)nc21. The molecule has 16 heteroatoms. The molecule has 0 spiro atoms. The van der Waals surface area contributed by atoms with Gasteiger partial charge in [-0.1, -0.05) is 23.2 Å². The maximum atomic E-state index is 13.5. The third kappa shape index (κ3) is 6.78. The highest BCUT2D eigenvalue weighted by Gasteiger charge is 2.41. The van der Waals surface area contributed by atoms with Gasteiger partial charge in [-0.15, -0.1) is 0 Å². The van der Waals surface area contributed by atoms with Gasteiger partial charge in [-0.05, 0) is 43.9 Å². The van der Waals surface area contributed by atoms with Gasteiger partial charge >= 0.3 is 12.4 Å². The van der Waals surface area contributed by atoms with Crippen molar-refractivity contribution in [2.24, 2.45) is 13.0 Å². The Balaban J connectivity index is 1.64. The molecular weight excluding hydrogens is 582 g/mol. The van der Waals surface area contributed by atoms with Crippen LogP contribution in [0.15, 0.2) is 18.2 Å². The summed E-state index contributed by atoms with van der Waals surface area (Å²) in [5, 5.41) is 5.21. The Morgan fingerprint density at radius 1 is 1.05 bits per heavy atom. The lowest BCUT2D eigenvalue weighted by Crippen LogP contribution is -2.40. The van der Waals surface area contributed by atoms with Crippen molar-refractivity contribution in [1.29, 1.82) is 0 Å². The van der Waals surface area contributed by atoms with Gasteiger partial charge in [0.05, 0.1) is 21.7 Å². The second kappa shape index (κ2) is 10.9. The summed E-state index contributed by atoms with van der Waals surface area (Å²) < 4.78 is 97.3. The second-order valence-corrected chi connectivity index (χ2v) is 9.83. The van der Waals surface area contributed by atoms with Gasteiger partial charge in [0.1, 0.15) is 16.9 Å². The van der Waals surface area contributed by atoms with Crippen molar-refractivity contribution in [3.63, 3.8) is 0 Å². The Morgan fingerprint density at radius 3 is 2.23 bits per heavy atom. The first-order valence-electron chi connectivity index (χ1n) is 11.5. The van der Waals surface area contributed by atoms with Crippen LogP contribution in [-0.4, -0.2) is 45.4 Å². The number of benzene rings is 1. The van der Waals surface area contributed by atoms with Crippen molar-refractivity contribution in [2.45, 2.75) is 44.1 Å². The Kier molecular flexibility index (Phi) is 8.08. The molecule has 7 nitrogen and oxygen atoms in total. The molecule has 1 aromatic carbocycles. The van der Waals surface area contributed by atoms with E-state index in [1.54, 1.807) is 0 Å². The molecule has 3 aromatic rings. The molecule has 2 aromatic heterocycles. The van der Waals surface area contributed by atoms with E-state index in [9.17, 15) is 35.5 Å². The number of halogens is 9. The average molecular weight is 602 g/mol. The number of hydrogen-bond donors (Lipinski definition) is 2. The van der Waals surface area contributed by atoms with Gasteiger partial charge in [0.2, 0.25) is 11.8 Å². The van der Waals surface area contributed by atoms with E-state index < -0.39 is 48.5 Å². The lowest BCUT2D eigenvalue weighted by molar-refractivity contribution is -0.182. The van der Waals surface area contributed by atoms with E-state index in [0.717, 1.165) is 18.2 Å². The quantitative estimate of drug-likeness (QED) is 0.299. The number of pyridine rings is 1. The van der Waals surface area contributed by atoms with Crippen molar-refractivity contribution in [3.05, 3.63) is 39.6 Å². The number of aryl methyl sites for hydroxylation is 1. The van der Waals surface area contributed by atoms with Gasteiger partial charge in [-0.2, -0.15) is 31.3 Å². The number of aromatic nitrogens is 3. The minimum Gasteiger partial charge on any atom is -0.467 e. The van der Waals surface area contributed by atoms with Gasteiger partial charge in [-0.25, -0.2) is 9.37 Å². The fourth-order valence-electron chi connectivity index (χ4n) is 4.23. The van der Waals surface area contributed by atoms with E-state index in [2.05, 4.69) is 20.6 Å². The molecular formula is C23H20Cl2F7N5O2. The molecule has 0 bridgehead atoms. The van der Waals surface area contributed by atoms with Crippen LogP contribution in [0.25, 0.3) is 11.2 Å². The fraction of sp³-hybridized carbons (Fsp3) is 0.435. The molecule has 0 saturated heterocycles. The van der Waals surface area contributed by atoms with Crippen molar-refractivity contribution >= 4 is 51.9 Å². The molecule has 0 aliphatic heterocycles. The largest absolute Gasteiger partial charge is 0.467 e. The minimum atomic E-state index is -4.74. The molecule has 2 N–H and O–H groups in total. The Morgan fingerprint density at radius 2 is 1.67 bits per heavy atom. The number of carbonyl (C=O) groups is 1. The van der Waals surface area contributed by atoms with Crippen molar-refractivity contribution in [2.75, 3.05) is 11.9 Å². The van der Waals surface area contributed by atoms with E-state index in [0.29, 0.717) is 0 Å². The number of fused-ring (bicyclic) bond motifs is 1. The Bertz CT molecular complexity index is 1360. The normalized spacial score (nSPS) is 18.3. The second-order valence-electron chi connectivity index (χ2n) is 9.02. The smallest absolute Gasteiger partial charge is 0.422 e. The zero-order chi connectivity index (χ0) is 28.7. The summed E-state index contributed by atoms with van der Waals surface area (Å²) >= 11 is 12.1. The first kappa shape index (κ1) is 29.0. The van der Waals surface area contributed by atoms with E-state index in [4.69, 9.17) is 27.9 Å². The number of nitrogens with one attached hydrogen (secondary N) is 2. The molecule has 212 valence electrons. The molecule has 39 heavy (non-hydrogen) atoms. The summed E-state index contributed by atoms with van der Waals surface area (Å²) in [6.07, 6.45) is -9.37. The minimum absolute atomic E-state index is 0.0197. The van der Waals surface area contributed by atoms with E-state index in [1.165, 1.54) is 11.6 Å². The number of rotatable bonds is 6. The van der Waals surface area contributed by atoms with E-state index >= 15 is 0 Å². The third-order valence-corrected chi connectivity index (χ3v) is 6.79. The van der Waals surface area contributed by atoms with Crippen LogP contribution in [0.1, 0.15) is 36.0 Å². The first-order chi connectivity index (χ1) is 18.1. The zero-order valence-electron chi connectivity index (χ0n) is 20.0. The van der Waals surface area contributed by atoms with Crippen LogP contribution in [0, 0.1) is 11.7 Å². The van der Waals surface area contributed by atoms with Crippen LogP contribution >= 0.6 is 23.2 Å². The van der Waals surface area contributed by atoms with Crippen LogP contribution in [0.5, 0.6) is 5.88 Å². The molecule has 1 aliphatic carbocycles. The van der Waals surface area contributed by atoms with Crippen LogP contribution in [0.4, 0.5) is 42.4 Å². The number of carbonyl (C=O) groups excluding carboxylic acids is 1. The molecule has 4 rings (SSSR count). The number of ether oxygens (including phenoxy) is 1. The molecule has 0 unspecified atom stereocenters. The number of anilines is 2. The zero-order valence-corrected chi connectivity index (χ0v) is 21.5. The highest BCUT2D eigenvalue weighted by molar-refractivity contribution is 6.39. The molecule has 2 heterocycles. The summed E-state index contributed by atoms with van der Waals surface area (Å²) in [4.78, 5) is 21.4.